The summed E-state index contributed by atoms with van der Waals surface area (Å²) in [7, 11) is 1.57. The third-order valence-corrected chi connectivity index (χ3v) is 4.67. The number of nitrogens with zero attached hydrogens (tertiary/aromatic N) is 4. The lowest BCUT2D eigenvalue weighted by molar-refractivity contribution is -0.120. The first kappa shape index (κ1) is 18.1. The Hall–Kier alpha value is -2.72. The third kappa shape index (κ3) is 3.75. The maximum absolute atomic E-state index is 12.9. The van der Waals surface area contributed by atoms with E-state index in [9.17, 15) is 9.59 Å². The minimum Gasteiger partial charge on any atom is -0.383 e. The number of methoxy groups -OCH3 is 1. The van der Waals surface area contributed by atoms with Crippen LogP contribution < -0.4 is 10.9 Å². The number of hydrogen-bond donors (Lipinski definition) is 2. The van der Waals surface area contributed by atoms with Gasteiger partial charge in [-0.25, -0.2) is 14.6 Å². The zero-order valence-corrected chi connectivity index (χ0v) is 15.1. The molecule has 3 rings (SSSR count). The molecule has 0 saturated carbocycles. The molecule has 0 aliphatic carbocycles. The van der Waals surface area contributed by atoms with E-state index in [1.54, 1.807) is 32.2 Å². The molecule has 0 fully saturated rings. The summed E-state index contributed by atoms with van der Waals surface area (Å²) in [6.45, 7) is 2.60. The number of aromatic nitrogens is 5. The van der Waals surface area contributed by atoms with Gasteiger partial charge < -0.3 is 10.1 Å². The van der Waals surface area contributed by atoms with Crippen molar-refractivity contribution in [1.82, 2.24) is 30.0 Å². The maximum atomic E-state index is 12.9. The van der Waals surface area contributed by atoms with Gasteiger partial charge in [0.25, 0.3) is 5.56 Å². The van der Waals surface area contributed by atoms with E-state index in [1.165, 1.54) is 22.7 Å². The van der Waals surface area contributed by atoms with Gasteiger partial charge in [0, 0.05) is 13.7 Å². The summed E-state index contributed by atoms with van der Waals surface area (Å²) in [5.41, 5.74) is 0.282. The van der Waals surface area contributed by atoms with E-state index in [0.29, 0.717) is 29.2 Å². The van der Waals surface area contributed by atoms with Gasteiger partial charge in [-0.3, -0.25) is 9.59 Å². The Kier molecular flexibility index (Phi) is 5.64. The minimum atomic E-state index is -0.464. The third-order valence-electron chi connectivity index (χ3n) is 3.62. The average molecular weight is 374 g/mol. The van der Waals surface area contributed by atoms with E-state index >= 15 is 0 Å². The maximum Gasteiger partial charge on any atom is 0.269 e. The van der Waals surface area contributed by atoms with Crippen LogP contribution in [0.3, 0.4) is 0 Å². The summed E-state index contributed by atoms with van der Waals surface area (Å²) in [5.74, 6) is 0.0846. The Bertz CT molecular complexity index is 956. The summed E-state index contributed by atoms with van der Waals surface area (Å²) < 4.78 is 6.26. The van der Waals surface area contributed by atoms with Crippen LogP contribution in [-0.2, 0) is 9.53 Å². The number of carbonyl (C=O) groups is 1. The Balaban J connectivity index is 1.98. The number of aromatic amines is 1. The SMILES string of the molecule is COCCNC(=O)[C@H](C)Sc1nc2ccccc2c(=O)n1-c1ncn[nH]1. The number of rotatable bonds is 7. The van der Waals surface area contributed by atoms with Gasteiger partial charge in [0.05, 0.1) is 22.8 Å². The standard InChI is InChI=1S/C16H18N6O3S/c1-10(13(23)17-7-8-25-2)26-16-20-12-6-4-3-5-11(12)14(24)22(16)15-18-9-19-21-15/h3-6,9-10H,7-8H2,1-2H3,(H,17,23)(H,18,19,21)/t10-/m0/s1. The van der Waals surface area contributed by atoms with E-state index in [2.05, 4.69) is 25.5 Å². The topological polar surface area (TPSA) is 115 Å². The number of benzene rings is 1. The fourth-order valence-corrected chi connectivity index (χ4v) is 3.25. The highest BCUT2D eigenvalue weighted by molar-refractivity contribution is 8.00. The minimum absolute atomic E-state index is 0.168. The van der Waals surface area contributed by atoms with Crippen LogP contribution in [0.15, 0.2) is 40.5 Å². The lowest BCUT2D eigenvalue weighted by Gasteiger charge is -2.14. The number of hydrogen-bond acceptors (Lipinski definition) is 7. The van der Waals surface area contributed by atoms with E-state index in [-0.39, 0.29) is 17.4 Å². The quantitative estimate of drug-likeness (QED) is 0.356. The van der Waals surface area contributed by atoms with Crippen LogP contribution in [0.2, 0.25) is 0 Å². The van der Waals surface area contributed by atoms with Gasteiger partial charge in [0.15, 0.2) is 5.16 Å². The van der Waals surface area contributed by atoms with Crippen molar-refractivity contribution < 1.29 is 9.53 Å². The summed E-state index contributed by atoms with van der Waals surface area (Å²) >= 11 is 1.17. The molecule has 0 saturated heterocycles. The van der Waals surface area contributed by atoms with Crippen molar-refractivity contribution >= 4 is 28.6 Å². The van der Waals surface area contributed by atoms with Crippen molar-refractivity contribution in [2.75, 3.05) is 20.3 Å². The number of nitrogens with one attached hydrogen (secondary N) is 2. The second-order valence-corrected chi connectivity index (χ2v) is 6.71. The van der Waals surface area contributed by atoms with E-state index in [0.717, 1.165) is 0 Å². The molecule has 0 aliphatic rings. The van der Waals surface area contributed by atoms with Crippen molar-refractivity contribution in [3.05, 3.63) is 40.9 Å². The van der Waals surface area contributed by atoms with Crippen LogP contribution in [0.1, 0.15) is 6.92 Å². The van der Waals surface area contributed by atoms with Crippen LogP contribution in [0, 0.1) is 0 Å². The lowest BCUT2D eigenvalue weighted by Crippen LogP contribution is -2.34. The highest BCUT2D eigenvalue weighted by atomic mass is 32.2. The molecule has 9 nitrogen and oxygen atoms in total. The van der Waals surface area contributed by atoms with Gasteiger partial charge in [-0.2, -0.15) is 10.1 Å². The molecule has 136 valence electrons. The normalized spacial score (nSPS) is 12.2. The van der Waals surface area contributed by atoms with Crippen LogP contribution >= 0.6 is 11.8 Å². The van der Waals surface area contributed by atoms with Crippen LogP contribution in [-0.4, -0.2) is 56.2 Å². The molecule has 2 heterocycles. The molecule has 0 bridgehead atoms. The second kappa shape index (κ2) is 8.11. The zero-order valence-electron chi connectivity index (χ0n) is 14.3. The van der Waals surface area contributed by atoms with E-state index in [4.69, 9.17) is 4.74 Å². The van der Waals surface area contributed by atoms with Crippen LogP contribution in [0.5, 0.6) is 0 Å². The largest absolute Gasteiger partial charge is 0.383 e. The Morgan fingerprint density at radius 2 is 2.23 bits per heavy atom. The molecule has 26 heavy (non-hydrogen) atoms. The number of amides is 1. The lowest BCUT2D eigenvalue weighted by atomic mass is 10.2. The molecular formula is C16H18N6O3S. The molecule has 1 atom stereocenters. The predicted molar refractivity (Wildman–Crippen MR) is 97.5 cm³/mol. The second-order valence-electron chi connectivity index (χ2n) is 5.41. The van der Waals surface area contributed by atoms with Gasteiger partial charge in [-0.1, -0.05) is 23.9 Å². The van der Waals surface area contributed by atoms with Crippen molar-refractivity contribution in [3.63, 3.8) is 0 Å². The molecule has 3 aromatic rings. The first-order chi connectivity index (χ1) is 12.6. The van der Waals surface area contributed by atoms with Crippen molar-refractivity contribution in [1.29, 1.82) is 0 Å². The average Bonchev–Trinajstić information content (AvgIpc) is 3.16. The Labute approximate surface area is 153 Å². The van der Waals surface area contributed by atoms with Gasteiger partial charge in [0.2, 0.25) is 11.9 Å². The summed E-state index contributed by atoms with van der Waals surface area (Å²) in [4.78, 5) is 33.7. The van der Waals surface area contributed by atoms with Crippen LogP contribution in [0.4, 0.5) is 0 Å². The molecule has 0 spiro atoms. The fraction of sp³-hybridized carbons (Fsp3) is 0.312. The smallest absolute Gasteiger partial charge is 0.269 e. The zero-order chi connectivity index (χ0) is 18.5. The highest BCUT2D eigenvalue weighted by Crippen LogP contribution is 2.23. The van der Waals surface area contributed by atoms with Gasteiger partial charge >= 0.3 is 0 Å². The van der Waals surface area contributed by atoms with Crippen molar-refractivity contribution in [3.8, 4) is 5.95 Å². The number of fused-ring (bicyclic) bond motifs is 1. The number of H-pyrrole nitrogens is 1. The first-order valence-corrected chi connectivity index (χ1v) is 8.80. The number of thioether (sulfide) groups is 1. The Morgan fingerprint density at radius 3 is 2.96 bits per heavy atom. The molecule has 10 heteroatoms. The molecular weight excluding hydrogens is 356 g/mol. The molecule has 2 N–H and O–H groups in total. The van der Waals surface area contributed by atoms with Crippen molar-refractivity contribution in [2.45, 2.75) is 17.3 Å². The van der Waals surface area contributed by atoms with Gasteiger partial charge in [-0.15, -0.1) is 0 Å². The molecule has 0 radical (unpaired) electrons. The summed E-state index contributed by atoms with van der Waals surface area (Å²) in [6, 6.07) is 7.04. The monoisotopic (exact) mass is 374 g/mol. The number of para-hydroxylation sites is 1. The highest BCUT2D eigenvalue weighted by Gasteiger charge is 2.21. The predicted octanol–water partition coefficient (Wildman–Crippen LogP) is 0.747. The molecule has 2 aromatic heterocycles. The molecule has 0 aliphatic heterocycles. The first-order valence-electron chi connectivity index (χ1n) is 7.92. The summed E-state index contributed by atoms with van der Waals surface area (Å²) in [5, 5.41) is 9.61. The Morgan fingerprint density at radius 1 is 1.42 bits per heavy atom. The van der Waals surface area contributed by atoms with E-state index < -0.39 is 5.25 Å². The number of carbonyl (C=O) groups excluding carboxylic acids is 1. The van der Waals surface area contributed by atoms with Crippen molar-refractivity contribution in [2.24, 2.45) is 0 Å². The van der Waals surface area contributed by atoms with Gasteiger partial charge in [-0.05, 0) is 19.1 Å². The molecule has 1 aromatic carbocycles. The van der Waals surface area contributed by atoms with Gasteiger partial charge in [0.1, 0.15) is 6.33 Å². The molecule has 0 unspecified atom stereocenters. The summed E-state index contributed by atoms with van der Waals surface area (Å²) in [6.07, 6.45) is 1.31. The molecule has 1 amide bonds. The van der Waals surface area contributed by atoms with E-state index in [1.807, 2.05) is 6.07 Å². The van der Waals surface area contributed by atoms with Crippen LogP contribution in [0.25, 0.3) is 16.9 Å². The fourth-order valence-electron chi connectivity index (χ4n) is 2.32. The number of ether oxygens (including phenoxy) is 1.